The van der Waals surface area contributed by atoms with Crippen molar-refractivity contribution in [2.24, 2.45) is 0 Å². The van der Waals surface area contributed by atoms with Gasteiger partial charge in [-0.2, -0.15) is 0 Å². The zero-order chi connectivity index (χ0) is 18.9. The summed E-state index contributed by atoms with van der Waals surface area (Å²) in [4.78, 5) is 27.8. The lowest BCUT2D eigenvalue weighted by molar-refractivity contribution is -0.137. The van der Waals surface area contributed by atoms with E-state index in [-0.39, 0.29) is 19.3 Å². The number of rotatable bonds is 11. The molecule has 2 aromatic rings. The lowest BCUT2D eigenvalue weighted by Crippen LogP contribution is -2.25. The molecule has 140 valence electrons. The molecule has 2 N–H and O–H groups in total. The Kier molecular flexibility index (Phi) is 7.41. The number of carboxylic acid groups (broad SMARTS) is 1. The van der Waals surface area contributed by atoms with Crippen LogP contribution in [-0.4, -0.2) is 46.6 Å². The average molecular weight is 358 g/mol. The second kappa shape index (κ2) is 9.77. The number of ether oxygens (including phenoxy) is 1. The van der Waals surface area contributed by atoms with Gasteiger partial charge in [-0.15, -0.1) is 6.58 Å². The molecule has 6 nitrogen and oxygen atoms in total. The number of nitrogens with one attached hydrogen (secondary N) is 1. The van der Waals surface area contributed by atoms with Crippen molar-refractivity contribution in [1.29, 1.82) is 0 Å². The van der Waals surface area contributed by atoms with E-state index >= 15 is 0 Å². The van der Waals surface area contributed by atoms with Crippen LogP contribution in [0.4, 0.5) is 0 Å². The molecule has 1 aromatic heterocycles. The molecular weight excluding hydrogens is 332 g/mol. The molecule has 2 rings (SSSR count). The predicted molar refractivity (Wildman–Crippen MR) is 101 cm³/mol. The highest BCUT2D eigenvalue weighted by Crippen LogP contribution is 2.24. The van der Waals surface area contributed by atoms with Crippen LogP contribution in [0, 0.1) is 0 Å². The van der Waals surface area contributed by atoms with E-state index < -0.39 is 11.9 Å². The number of carboxylic acids is 1. The van der Waals surface area contributed by atoms with E-state index in [1.54, 1.807) is 12.1 Å². The van der Waals surface area contributed by atoms with Gasteiger partial charge in [0.15, 0.2) is 0 Å². The number of benzene rings is 1. The van der Waals surface area contributed by atoms with Crippen LogP contribution in [0.2, 0.25) is 0 Å². The first kappa shape index (κ1) is 19.7. The number of esters is 1. The maximum Gasteiger partial charge on any atom is 0.311 e. The molecule has 0 unspecified atom stereocenters. The fourth-order valence-electron chi connectivity index (χ4n) is 2.84. The second-order valence-electron chi connectivity index (χ2n) is 6.17. The van der Waals surface area contributed by atoms with E-state index in [2.05, 4.69) is 23.4 Å². The summed E-state index contributed by atoms with van der Waals surface area (Å²) in [6.45, 7) is 8.73. The van der Waals surface area contributed by atoms with Crippen LogP contribution in [0.1, 0.15) is 31.7 Å². The maximum absolute atomic E-state index is 11.8. The van der Waals surface area contributed by atoms with Crippen molar-refractivity contribution in [2.75, 3.05) is 19.6 Å². The maximum atomic E-state index is 11.8. The number of nitrogens with zero attached hydrogens (tertiary/aromatic N) is 1. The van der Waals surface area contributed by atoms with Crippen molar-refractivity contribution >= 4 is 22.8 Å². The fraction of sp³-hybridized carbons (Fsp3) is 0.400. The summed E-state index contributed by atoms with van der Waals surface area (Å²) in [5.41, 5.74) is 2.14. The first-order chi connectivity index (χ1) is 12.5. The Morgan fingerprint density at radius 3 is 2.85 bits per heavy atom. The Bertz CT molecular complexity index is 766. The molecule has 1 aromatic carbocycles. The summed E-state index contributed by atoms with van der Waals surface area (Å²) in [5.74, 6) is -0.860. The van der Waals surface area contributed by atoms with E-state index in [1.165, 1.54) is 5.56 Å². The Morgan fingerprint density at radius 2 is 2.15 bits per heavy atom. The zero-order valence-corrected chi connectivity index (χ0v) is 15.2. The van der Waals surface area contributed by atoms with Gasteiger partial charge >= 0.3 is 11.9 Å². The minimum Gasteiger partial charge on any atom is -0.481 e. The summed E-state index contributed by atoms with van der Waals surface area (Å²) >= 11 is 0. The SMILES string of the molecule is C=CCN(CC)CCc1c[nH]c2cc(OC(=O)CCCC(=O)O)ccc12. The highest BCUT2D eigenvalue weighted by molar-refractivity contribution is 5.85. The van der Waals surface area contributed by atoms with Crippen molar-refractivity contribution in [3.63, 3.8) is 0 Å². The molecule has 0 spiro atoms. The minimum absolute atomic E-state index is 0.0330. The summed E-state index contributed by atoms with van der Waals surface area (Å²) in [6.07, 6.45) is 5.17. The summed E-state index contributed by atoms with van der Waals surface area (Å²) in [5, 5.41) is 9.71. The van der Waals surface area contributed by atoms with E-state index in [9.17, 15) is 9.59 Å². The Morgan fingerprint density at radius 1 is 1.35 bits per heavy atom. The largest absolute Gasteiger partial charge is 0.481 e. The van der Waals surface area contributed by atoms with Gasteiger partial charge in [-0.3, -0.25) is 14.5 Å². The third kappa shape index (κ3) is 5.74. The van der Waals surface area contributed by atoms with Crippen LogP contribution in [0.5, 0.6) is 5.75 Å². The van der Waals surface area contributed by atoms with Crippen LogP contribution in [0.15, 0.2) is 37.1 Å². The smallest absolute Gasteiger partial charge is 0.311 e. The molecule has 0 aliphatic carbocycles. The van der Waals surface area contributed by atoms with Crippen LogP contribution < -0.4 is 4.74 Å². The van der Waals surface area contributed by atoms with Gasteiger partial charge < -0.3 is 14.8 Å². The van der Waals surface area contributed by atoms with E-state index in [0.717, 1.165) is 37.0 Å². The Hall–Kier alpha value is -2.60. The van der Waals surface area contributed by atoms with Gasteiger partial charge in [-0.25, -0.2) is 0 Å². The number of aromatic nitrogens is 1. The van der Waals surface area contributed by atoms with Crippen molar-refractivity contribution in [2.45, 2.75) is 32.6 Å². The molecule has 1 heterocycles. The second-order valence-corrected chi connectivity index (χ2v) is 6.17. The van der Waals surface area contributed by atoms with E-state index in [4.69, 9.17) is 9.84 Å². The van der Waals surface area contributed by atoms with Crippen molar-refractivity contribution in [3.05, 3.63) is 42.6 Å². The monoisotopic (exact) mass is 358 g/mol. The molecule has 0 aliphatic heterocycles. The van der Waals surface area contributed by atoms with Gasteiger partial charge in [-0.05, 0) is 37.1 Å². The Balaban J connectivity index is 1.96. The summed E-state index contributed by atoms with van der Waals surface area (Å²) in [6, 6.07) is 5.52. The molecule has 0 atom stereocenters. The molecular formula is C20H26N2O4. The zero-order valence-electron chi connectivity index (χ0n) is 15.2. The average Bonchev–Trinajstić information content (AvgIpc) is 3.00. The number of aromatic amines is 1. The molecule has 6 heteroatoms. The van der Waals surface area contributed by atoms with Gasteiger partial charge in [-0.1, -0.05) is 13.0 Å². The molecule has 0 radical (unpaired) electrons. The summed E-state index contributed by atoms with van der Waals surface area (Å²) < 4.78 is 5.29. The number of H-pyrrole nitrogens is 1. The number of hydrogen-bond donors (Lipinski definition) is 2. The molecule has 0 saturated heterocycles. The lowest BCUT2D eigenvalue weighted by Gasteiger charge is -2.17. The topological polar surface area (TPSA) is 82.6 Å². The fourth-order valence-corrected chi connectivity index (χ4v) is 2.84. The highest BCUT2D eigenvalue weighted by Gasteiger charge is 2.10. The first-order valence-corrected chi connectivity index (χ1v) is 8.89. The van der Waals surface area contributed by atoms with Gasteiger partial charge in [0.1, 0.15) is 5.75 Å². The summed E-state index contributed by atoms with van der Waals surface area (Å²) in [7, 11) is 0. The molecule has 0 saturated carbocycles. The lowest BCUT2D eigenvalue weighted by atomic mass is 10.1. The minimum atomic E-state index is -0.909. The Labute approximate surface area is 153 Å². The third-order valence-electron chi connectivity index (χ3n) is 4.27. The van der Waals surface area contributed by atoms with Crippen LogP contribution in [0.3, 0.4) is 0 Å². The number of hydrogen-bond acceptors (Lipinski definition) is 4. The number of likely N-dealkylation sites (N-methyl/N-ethyl adjacent to an activating group) is 1. The van der Waals surface area contributed by atoms with Crippen LogP contribution in [-0.2, 0) is 16.0 Å². The van der Waals surface area contributed by atoms with Crippen molar-refractivity contribution in [1.82, 2.24) is 9.88 Å². The first-order valence-electron chi connectivity index (χ1n) is 8.89. The third-order valence-corrected chi connectivity index (χ3v) is 4.27. The van der Waals surface area contributed by atoms with Gasteiger partial charge in [0.25, 0.3) is 0 Å². The molecule has 0 aliphatic rings. The van der Waals surface area contributed by atoms with E-state index in [0.29, 0.717) is 5.75 Å². The molecule has 26 heavy (non-hydrogen) atoms. The normalized spacial score (nSPS) is 11.0. The predicted octanol–water partition coefficient (Wildman–Crippen LogP) is 3.38. The molecule has 0 amide bonds. The van der Waals surface area contributed by atoms with Gasteiger partial charge in [0.2, 0.25) is 0 Å². The number of carbonyl (C=O) groups excluding carboxylic acids is 1. The molecule has 0 fully saturated rings. The number of carbonyl (C=O) groups is 2. The van der Waals surface area contributed by atoms with Crippen molar-refractivity contribution in [3.8, 4) is 5.75 Å². The van der Waals surface area contributed by atoms with Crippen LogP contribution >= 0.6 is 0 Å². The standard InChI is InChI=1S/C20H26N2O4/c1-3-11-22(4-2)12-10-15-14-21-18-13-16(8-9-17(15)18)26-20(25)7-5-6-19(23)24/h3,8-9,13-14,21H,1,4-7,10-12H2,2H3,(H,23,24). The quantitative estimate of drug-likeness (QED) is 0.365. The number of fused-ring (bicyclic) bond motifs is 1. The van der Waals surface area contributed by atoms with Gasteiger partial charge in [0, 0.05) is 49.1 Å². The molecule has 0 bridgehead atoms. The number of aliphatic carboxylic acids is 1. The van der Waals surface area contributed by atoms with Crippen LogP contribution in [0.25, 0.3) is 10.9 Å². The highest BCUT2D eigenvalue weighted by atomic mass is 16.5. The van der Waals surface area contributed by atoms with Gasteiger partial charge in [0.05, 0.1) is 0 Å². The van der Waals surface area contributed by atoms with Crippen molar-refractivity contribution < 1.29 is 19.4 Å². The van der Waals surface area contributed by atoms with E-state index in [1.807, 2.05) is 18.3 Å².